The molecule has 0 radical (unpaired) electrons. The lowest BCUT2D eigenvalue weighted by Gasteiger charge is -2.23. The van der Waals surface area contributed by atoms with Gasteiger partial charge >= 0.3 is 12.1 Å². The molecular formula is C68H76F7N5O4S2. The lowest BCUT2D eigenvalue weighted by atomic mass is 9.81. The number of aliphatic carboxylic acids is 1. The highest BCUT2D eigenvalue weighted by Crippen LogP contribution is 2.40. The van der Waals surface area contributed by atoms with E-state index in [0.717, 1.165) is 61.8 Å². The summed E-state index contributed by atoms with van der Waals surface area (Å²) in [4.78, 5) is 19.7. The van der Waals surface area contributed by atoms with E-state index in [9.17, 15) is 35.5 Å². The van der Waals surface area contributed by atoms with Crippen LogP contribution in [0.5, 0.6) is 5.88 Å². The van der Waals surface area contributed by atoms with Gasteiger partial charge in [0.05, 0.1) is 17.0 Å². The second-order valence-corrected chi connectivity index (χ2v) is 24.4. The Labute approximate surface area is 509 Å². The molecule has 18 heteroatoms. The molecule has 2 atom stereocenters. The zero-order valence-electron chi connectivity index (χ0n) is 50.1. The van der Waals surface area contributed by atoms with Crippen molar-refractivity contribution in [3.05, 3.63) is 206 Å². The number of nitrogen functional groups attached to an aromatic ring is 1. The molecule has 9 rings (SSSR count). The van der Waals surface area contributed by atoms with Crippen LogP contribution in [0.2, 0.25) is 0 Å². The summed E-state index contributed by atoms with van der Waals surface area (Å²) < 4.78 is 104. The van der Waals surface area contributed by atoms with Crippen LogP contribution in [-0.2, 0) is 27.5 Å². The zero-order valence-corrected chi connectivity index (χ0v) is 51.7. The maximum atomic E-state index is 13.5. The molecule has 1 unspecified atom stereocenters. The Hall–Kier alpha value is -7.85. The average molecular weight is 1220 g/mol. The Bertz CT molecular complexity index is 3600. The normalized spacial score (nSPS) is 12.0. The van der Waals surface area contributed by atoms with Crippen molar-refractivity contribution in [3.63, 3.8) is 0 Å². The topological polar surface area (TPSA) is 150 Å². The van der Waals surface area contributed by atoms with Crippen molar-refractivity contribution < 1.29 is 49.9 Å². The van der Waals surface area contributed by atoms with Crippen molar-refractivity contribution in [3.8, 4) is 49.8 Å². The van der Waals surface area contributed by atoms with E-state index in [2.05, 4.69) is 107 Å². The number of ether oxygens (including phenoxy) is 1. The number of hydrogen-bond donors (Lipinski definition) is 3. The van der Waals surface area contributed by atoms with Gasteiger partial charge in [-0.15, -0.1) is 11.3 Å². The van der Waals surface area contributed by atoms with Gasteiger partial charge in [0.2, 0.25) is 17.9 Å². The van der Waals surface area contributed by atoms with Crippen LogP contribution >= 0.6 is 22.7 Å². The van der Waals surface area contributed by atoms with E-state index in [-0.39, 0.29) is 59.2 Å². The summed E-state index contributed by atoms with van der Waals surface area (Å²) in [6, 6.07) is 31.4. The van der Waals surface area contributed by atoms with Gasteiger partial charge in [0, 0.05) is 22.1 Å². The number of hydrogen-bond acceptors (Lipinski definition) is 10. The predicted octanol–water partition coefficient (Wildman–Crippen LogP) is 19.2. The Morgan fingerprint density at radius 2 is 1.21 bits per heavy atom. The number of aryl methyl sites for hydroxylation is 3. The second-order valence-electron chi connectivity index (χ2n) is 22.7. The van der Waals surface area contributed by atoms with Crippen LogP contribution in [-0.4, -0.2) is 38.4 Å². The molecule has 0 saturated heterocycles. The summed E-state index contributed by atoms with van der Waals surface area (Å²) in [6.45, 7) is 29.1. The van der Waals surface area contributed by atoms with Crippen molar-refractivity contribution in [2.24, 2.45) is 5.73 Å². The Morgan fingerprint density at radius 1 is 0.674 bits per heavy atom. The van der Waals surface area contributed by atoms with Gasteiger partial charge in [-0.3, -0.25) is 4.79 Å². The molecule has 0 aliphatic carbocycles. The van der Waals surface area contributed by atoms with Crippen LogP contribution in [0.4, 0.5) is 36.7 Å². The third-order valence-electron chi connectivity index (χ3n) is 12.8. The first-order valence-corrected chi connectivity index (χ1v) is 29.0. The minimum atomic E-state index is -4.85. The molecule has 0 aliphatic rings. The van der Waals surface area contributed by atoms with Crippen molar-refractivity contribution in [2.45, 2.75) is 145 Å². The minimum absolute atomic E-state index is 0. The fraction of sp³-hybridized carbons (Fsp3) is 0.324. The van der Waals surface area contributed by atoms with Crippen LogP contribution in [0.1, 0.15) is 135 Å². The highest BCUT2D eigenvalue weighted by atomic mass is 32.1. The second kappa shape index (κ2) is 30.0. The number of carbonyl (C=O) groups is 1. The van der Waals surface area contributed by atoms with Crippen molar-refractivity contribution in [2.75, 3.05) is 5.73 Å². The molecule has 0 aliphatic heterocycles. The largest absolute Gasteiger partial charge is 0.480 e. The van der Waals surface area contributed by atoms with E-state index in [1.165, 1.54) is 34.9 Å². The number of alkyl halides is 3. The van der Waals surface area contributed by atoms with Gasteiger partial charge in [-0.05, 0) is 176 Å². The number of halogens is 7. The quantitative estimate of drug-likeness (QED) is 0.114. The van der Waals surface area contributed by atoms with E-state index >= 15 is 0 Å². The van der Waals surface area contributed by atoms with Gasteiger partial charge in [0.15, 0.2) is 5.82 Å². The number of carboxylic acid groups (broad SMARTS) is 1. The first kappa shape index (κ1) is 70.6. The lowest BCUT2D eigenvalue weighted by Crippen LogP contribution is -2.32. The molecule has 9 nitrogen and oxygen atoms in total. The van der Waals surface area contributed by atoms with E-state index < -0.39 is 41.6 Å². The number of carboxylic acids is 1. The minimum Gasteiger partial charge on any atom is -0.480 e. The van der Waals surface area contributed by atoms with Crippen LogP contribution in [0.15, 0.2) is 130 Å². The molecule has 4 aromatic heterocycles. The Kier molecular flexibility index (Phi) is 24.6. The van der Waals surface area contributed by atoms with E-state index in [4.69, 9.17) is 25.8 Å². The molecule has 9 aromatic rings. The molecule has 86 heavy (non-hydrogen) atoms. The molecule has 4 heterocycles. The van der Waals surface area contributed by atoms with Gasteiger partial charge in [0.25, 0.3) is 0 Å². The Morgan fingerprint density at radius 3 is 1.66 bits per heavy atom. The first-order valence-electron chi connectivity index (χ1n) is 27.2. The predicted molar refractivity (Wildman–Crippen MR) is 334 cm³/mol. The molecule has 0 fully saturated rings. The molecule has 0 saturated carbocycles. The summed E-state index contributed by atoms with van der Waals surface area (Å²) in [6.07, 6.45) is -7.25. The van der Waals surface area contributed by atoms with Crippen LogP contribution in [0.3, 0.4) is 0 Å². The van der Waals surface area contributed by atoms with Gasteiger partial charge in [0.1, 0.15) is 29.3 Å². The lowest BCUT2D eigenvalue weighted by molar-refractivity contribution is -0.198. The number of benzene rings is 4. The van der Waals surface area contributed by atoms with Gasteiger partial charge in [-0.2, -0.15) is 33.9 Å². The fourth-order valence-corrected chi connectivity index (χ4v) is 10.4. The van der Waals surface area contributed by atoms with Crippen molar-refractivity contribution in [1.29, 1.82) is 0 Å². The summed E-state index contributed by atoms with van der Waals surface area (Å²) in [5.41, 5.74) is 22.4. The van der Waals surface area contributed by atoms with Gasteiger partial charge in [-0.25, -0.2) is 18.2 Å². The number of anilines is 1. The van der Waals surface area contributed by atoms with Crippen LogP contribution < -0.4 is 16.2 Å². The fourth-order valence-electron chi connectivity index (χ4n) is 8.78. The molecule has 0 amide bonds. The van der Waals surface area contributed by atoms with Gasteiger partial charge < -0.3 is 25.8 Å². The summed E-state index contributed by atoms with van der Waals surface area (Å²) in [5, 5.41) is 19.0. The molecular weight excluding hydrogens is 1150 g/mol. The number of nitrogens with zero attached hydrogens (tertiary/aromatic N) is 3. The molecule has 0 spiro atoms. The van der Waals surface area contributed by atoms with E-state index in [1.807, 2.05) is 63.4 Å². The SMILES string of the molecule is C.CC.CC(C)(C)c1ccc(F)cc1-c1ccsc1.Cc1csc(-c2cc(F)ccc2C(C)(C)C)c1.Cc1noc(C)c1-c1cc(F)ccc1C(C)(C)C.Nc1nc(OC(c2c#cc(F)cc2)C(F)(F)F)cc(-c2ccc(C[C@H](N)C(=O)O)cc2)n1. The highest BCUT2D eigenvalue weighted by molar-refractivity contribution is 7.13. The molecule has 5 aromatic carbocycles. The number of rotatable bonds is 10. The summed E-state index contributed by atoms with van der Waals surface area (Å²) >= 11 is 3.31. The monoisotopic (exact) mass is 1220 g/mol. The van der Waals surface area contributed by atoms with Crippen molar-refractivity contribution in [1.82, 2.24) is 15.1 Å². The van der Waals surface area contributed by atoms with E-state index in [1.54, 1.807) is 71.2 Å². The Balaban J connectivity index is 0.000000254. The third-order valence-corrected chi connectivity index (χ3v) is 14.6. The van der Waals surface area contributed by atoms with Crippen molar-refractivity contribution >= 4 is 34.6 Å². The van der Waals surface area contributed by atoms with E-state index in [0.29, 0.717) is 11.1 Å². The molecule has 5 N–H and O–H groups in total. The zero-order chi connectivity index (χ0) is 63.4. The summed E-state index contributed by atoms with van der Waals surface area (Å²) in [7, 11) is 0. The average Bonchev–Trinajstić information content (AvgIpc) is 3.24. The van der Waals surface area contributed by atoms with Crippen LogP contribution in [0, 0.1) is 56.2 Å². The maximum absolute atomic E-state index is 13.5. The third kappa shape index (κ3) is 19.6. The highest BCUT2D eigenvalue weighted by Gasteiger charge is 2.44. The first-order chi connectivity index (χ1) is 39.7. The number of aromatic nitrogens is 3. The maximum Gasteiger partial charge on any atom is 0.430 e. The van der Waals surface area contributed by atoms with Crippen LogP contribution in [0.25, 0.3) is 44.0 Å². The number of nitrogens with two attached hydrogens (primary N) is 2. The smallest absolute Gasteiger partial charge is 0.430 e. The van der Waals surface area contributed by atoms with Gasteiger partial charge in [-0.1, -0.05) is 137 Å². The summed E-state index contributed by atoms with van der Waals surface area (Å²) in [5.74, 6) is -2.64. The molecule has 458 valence electrons. The molecule has 0 bridgehead atoms. The number of thiophene rings is 2. The standard InChI is InChI=1S/C21H16F4N4O3.C15H18FNO.C15H17FS.C14H15FS.C2H6.CH4/c22-14-7-5-13(6-8-14)18(21(23,24)25)32-17-10-16(28-20(27)29-17)12-3-1-11(2-4-12)9-15(26)19(30)31;1-9-14(10(2)18-17-9)12-8-11(16)6-7-13(12)15(3,4)5;1-10-7-14(17-9-10)12-8-11(16)5-6-13(12)15(2,3)4;1-14(2,3)13-5-4-11(15)8-12(13)10-6-7-16-9-10;1-2;/h1-5,7,10,15,18H,9,26H2,(H,30,31)(H2,27,28,29);6-8H,1-5H3;5-9H,1-4H3;4-9H,1-3H3;1-2H3;1H4/t15-,18?;;;;;/m0...../s1.